The fourth-order valence-electron chi connectivity index (χ4n) is 2.53. The van der Waals surface area contributed by atoms with E-state index in [9.17, 15) is 0 Å². The average molecular weight is 212 g/mol. The van der Waals surface area contributed by atoms with E-state index >= 15 is 0 Å². The van der Waals surface area contributed by atoms with Crippen LogP contribution in [0, 0.1) is 11.8 Å². The SMILES string of the molecule is CCC(CN)CCN1CC(C)CCC1C. The van der Waals surface area contributed by atoms with Crippen LogP contribution in [0.1, 0.15) is 46.5 Å². The van der Waals surface area contributed by atoms with Gasteiger partial charge < -0.3 is 10.6 Å². The number of nitrogens with zero attached hydrogens (tertiary/aromatic N) is 1. The third-order valence-electron chi connectivity index (χ3n) is 3.98. The maximum atomic E-state index is 5.74. The molecule has 0 aromatic rings. The molecule has 0 radical (unpaired) electrons. The van der Waals surface area contributed by atoms with E-state index in [0.717, 1.165) is 24.4 Å². The molecule has 2 heteroatoms. The van der Waals surface area contributed by atoms with Crippen LogP contribution in [0.2, 0.25) is 0 Å². The zero-order valence-corrected chi connectivity index (χ0v) is 10.7. The first-order valence-corrected chi connectivity index (χ1v) is 6.61. The lowest BCUT2D eigenvalue weighted by atomic mass is 9.94. The van der Waals surface area contributed by atoms with Crippen molar-refractivity contribution in [1.29, 1.82) is 0 Å². The Morgan fingerprint density at radius 3 is 2.67 bits per heavy atom. The summed E-state index contributed by atoms with van der Waals surface area (Å²) in [5, 5.41) is 0. The minimum Gasteiger partial charge on any atom is -0.330 e. The van der Waals surface area contributed by atoms with Gasteiger partial charge in [-0.25, -0.2) is 0 Å². The van der Waals surface area contributed by atoms with E-state index in [0.29, 0.717) is 0 Å². The smallest absolute Gasteiger partial charge is 0.00671 e. The van der Waals surface area contributed by atoms with Crippen molar-refractivity contribution in [2.75, 3.05) is 19.6 Å². The highest BCUT2D eigenvalue weighted by molar-refractivity contribution is 4.77. The summed E-state index contributed by atoms with van der Waals surface area (Å²) < 4.78 is 0. The van der Waals surface area contributed by atoms with Gasteiger partial charge in [0.1, 0.15) is 0 Å². The first-order chi connectivity index (χ1) is 7.17. The third-order valence-corrected chi connectivity index (χ3v) is 3.98. The maximum Gasteiger partial charge on any atom is 0.00671 e. The zero-order chi connectivity index (χ0) is 11.3. The summed E-state index contributed by atoms with van der Waals surface area (Å²) in [7, 11) is 0. The molecule has 1 aliphatic rings. The summed E-state index contributed by atoms with van der Waals surface area (Å²) >= 11 is 0. The van der Waals surface area contributed by atoms with Crippen LogP contribution in [0.25, 0.3) is 0 Å². The second kappa shape index (κ2) is 6.49. The molecule has 15 heavy (non-hydrogen) atoms. The fraction of sp³-hybridized carbons (Fsp3) is 1.00. The molecule has 3 atom stereocenters. The van der Waals surface area contributed by atoms with Crippen molar-refractivity contribution in [1.82, 2.24) is 4.90 Å². The van der Waals surface area contributed by atoms with Gasteiger partial charge in [-0.05, 0) is 51.1 Å². The monoisotopic (exact) mass is 212 g/mol. The van der Waals surface area contributed by atoms with E-state index in [4.69, 9.17) is 5.73 Å². The predicted molar refractivity (Wildman–Crippen MR) is 66.9 cm³/mol. The lowest BCUT2D eigenvalue weighted by Gasteiger charge is -2.37. The summed E-state index contributed by atoms with van der Waals surface area (Å²) in [6, 6.07) is 0.788. The average Bonchev–Trinajstić information content (AvgIpc) is 2.24. The van der Waals surface area contributed by atoms with Gasteiger partial charge in [0.2, 0.25) is 0 Å². The van der Waals surface area contributed by atoms with Gasteiger partial charge in [0.25, 0.3) is 0 Å². The lowest BCUT2D eigenvalue weighted by Crippen LogP contribution is -2.42. The van der Waals surface area contributed by atoms with Crippen LogP contribution in [-0.2, 0) is 0 Å². The Bertz CT molecular complexity index is 166. The topological polar surface area (TPSA) is 29.3 Å². The summed E-state index contributed by atoms with van der Waals surface area (Å²) in [5.41, 5.74) is 5.74. The van der Waals surface area contributed by atoms with Crippen molar-refractivity contribution in [3.63, 3.8) is 0 Å². The van der Waals surface area contributed by atoms with Gasteiger partial charge in [-0.3, -0.25) is 0 Å². The second-order valence-electron chi connectivity index (χ2n) is 5.33. The number of piperidine rings is 1. The molecule has 90 valence electrons. The molecule has 3 unspecified atom stereocenters. The minimum atomic E-state index is 0.731. The van der Waals surface area contributed by atoms with E-state index in [1.54, 1.807) is 0 Å². The molecule has 0 spiro atoms. The number of rotatable bonds is 5. The van der Waals surface area contributed by atoms with Gasteiger partial charge in [-0.1, -0.05) is 20.3 Å². The van der Waals surface area contributed by atoms with Gasteiger partial charge in [0, 0.05) is 12.6 Å². The molecule has 0 saturated carbocycles. The predicted octanol–water partition coefficient (Wildman–Crippen LogP) is 2.48. The number of nitrogens with two attached hydrogens (primary N) is 1. The largest absolute Gasteiger partial charge is 0.330 e. The highest BCUT2D eigenvalue weighted by atomic mass is 15.2. The molecular weight excluding hydrogens is 184 g/mol. The van der Waals surface area contributed by atoms with Crippen LogP contribution >= 0.6 is 0 Å². The fourth-order valence-corrected chi connectivity index (χ4v) is 2.53. The van der Waals surface area contributed by atoms with E-state index in [1.165, 1.54) is 38.8 Å². The first-order valence-electron chi connectivity index (χ1n) is 6.61. The standard InChI is InChI=1S/C13H28N2/c1-4-13(9-14)7-8-15-10-11(2)5-6-12(15)3/h11-13H,4-10,14H2,1-3H3. The van der Waals surface area contributed by atoms with Gasteiger partial charge >= 0.3 is 0 Å². The Morgan fingerprint density at radius 2 is 2.07 bits per heavy atom. The number of hydrogen-bond acceptors (Lipinski definition) is 2. The summed E-state index contributed by atoms with van der Waals surface area (Å²) in [4.78, 5) is 2.66. The van der Waals surface area contributed by atoms with E-state index in [-0.39, 0.29) is 0 Å². The molecule has 0 aromatic carbocycles. The van der Waals surface area contributed by atoms with Crippen LogP contribution in [0.5, 0.6) is 0 Å². The Labute approximate surface area is 95.2 Å². The molecule has 0 aromatic heterocycles. The molecular formula is C13H28N2. The van der Waals surface area contributed by atoms with Crippen LogP contribution in [0.15, 0.2) is 0 Å². The van der Waals surface area contributed by atoms with Crippen LogP contribution in [0.3, 0.4) is 0 Å². The molecule has 0 amide bonds. The van der Waals surface area contributed by atoms with E-state index < -0.39 is 0 Å². The Hall–Kier alpha value is -0.0800. The summed E-state index contributed by atoms with van der Waals surface area (Å²) in [6.07, 6.45) is 5.30. The second-order valence-corrected chi connectivity index (χ2v) is 5.33. The quantitative estimate of drug-likeness (QED) is 0.758. The highest BCUT2D eigenvalue weighted by Crippen LogP contribution is 2.22. The van der Waals surface area contributed by atoms with Crippen LogP contribution < -0.4 is 5.73 Å². The van der Waals surface area contributed by atoms with Crippen molar-refractivity contribution >= 4 is 0 Å². The van der Waals surface area contributed by atoms with Crippen molar-refractivity contribution in [2.24, 2.45) is 17.6 Å². The summed E-state index contributed by atoms with van der Waals surface area (Å²) in [6.45, 7) is 10.4. The molecule has 0 bridgehead atoms. The minimum absolute atomic E-state index is 0.731. The third kappa shape index (κ3) is 4.12. The van der Waals surface area contributed by atoms with Gasteiger partial charge in [0.15, 0.2) is 0 Å². The normalized spacial score (nSPS) is 30.4. The van der Waals surface area contributed by atoms with E-state index in [1.807, 2.05) is 0 Å². The molecule has 1 heterocycles. The first kappa shape index (κ1) is 13.0. The van der Waals surface area contributed by atoms with Gasteiger partial charge in [-0.2, -0.15) is 0 Å². The Kier molecular flexibility index (Phi) is 5.62. The van der Waals surface area contributed by atoms with Crippen molar-refractivity contribution in [3.8, 4) is 0 Å². The lowest BCUT2D eigenvalue weighted by molar-refractivity contribution is 0.117. The Morgan fingerprint density at radius 1 is 1.33 bits per heavy atom. The van der Waals surface area contributed by atoms with Gasteiger partial charge in [0.05, 0.1) is 0 Å². The number of hydrogen-bond donors (Lipinski definition) is 1. The molecule has 1 saturated heterocycles. The van der Waals surface area contributed by atoms with Crippen LogP contribution in [-0.4, -0.2) is 30.6 Å². The molecule has 2 N–H and O–H groups in total. The van der Waals surface area contributed by atoms with E-state index in [2.05, 4.69) is 25.7 Å². The molecule has 1 rings (SSSR count). The molecule has 2 nitrogen and oxygen atoms in total. The summed E-state index contributed by atoms with van der Waals surface area (Å²) in [5.74, 6) is 1.62. The number of likely N-dealkylation sites (tertiary alicyclic amines) is 1. The van der Waals surface area contributed by atoms with Gasteiger partial charge in [-0.15, -0.1) is 0 Å². The highest BCUT2D eigenvalue weighted by Gasteiger charge is 2.22. The van der Waals surface area contributed by atoms with Crippen molar-refractivity contribution in [3.05, 3.63) is 0 Å². The van der Waals surface area contributed by atoms with Crippen molar-refractivity contribution in [2.45, 2.75) is 52.5 Å². The Balaban J connectivity index is 2.29. The van der Waals surface area contributed by atoms with Crippen molar-refractivity contribution < 1.29 is 0 Å². The molecule has 1 fully saturated rings. The maximum absolute atomic E-state index is 5.74. The molecule has 0 aliphatic carbocycles. The zero-order valence-electron chi connectivity index (χ0n) is 10.7. The molecule has 1 aliphatic heterocycles. The van der Waals surface area contributed by atoms with Crippen LogP contribution in [0.4, 0.5) is 0 Å².